The van der Waals surface area contributed by atoms with Gasteiger partial charge in [-0.2, -0.15) is 0 Å². The Bertz CT molecular complexity index is 1250. The summed E-state index contributed by atoms with van der Waals surface area (Å²) in [4.78, 5) is 18.0. The van der Waals surface area contributed by atoms with Gasteiger partial charge in [0.25, 0.3) is 0 Å². The van der Waals surface area contributed by atoms with Crippen LogP contribution in [0.3, 0.4) is 0 Å². The number of amides is 1. The zero-order valence-electron chi connectivity index (χ0n) is 22.9. The molecule has 2 atom stereocenters. The maximum Gasteiger partial charge on any atom is 0.247 e. The quantitative estimate of drug-likeness (QED) is 0.353. The number of carbonyl (C=O) groups excluding carboxylic acids is 1. The smallest absolute Gasteiger partial charge is 0.247 e. The molecule has 3 N–H and O–H groups in total. The lowest BCUT2D eigenvalue weighted by atomic mass is 9.87. The van der Waals surface area contributed by atoms with Crippen molar-refractivity contribution in [3.05, 3.63) is 83.3 Å². The first-order valence-electron chi connectivity index (χ1n) is 13.3. The Morgan fingerprint density at radius 3 is 2.55 bits per heavy atom. The van der Waals surface area contributed by atoms with E-state index in [4.69, 9.17) is 0 Å². The molecular weight excluding hydrogens is 484 g/mol. The van der Waals surface area contributed by atoms with Crippen molar-refractivity contribution in [2.75, 3.05) is 18.4 Å². The highest BCUT2D eigenvalue weighted by Crippen LogP contribution is 2.27. The molecule has 2 unspecified atom stereocenters. The first-order valence-corrected chi connectivity index (χ1v) is 13.3. The zero-order chi connectivity index (χ0) is 27.5. The number of anilines is 1. The van der Waals surface area contributed by atoms with Gasteiger partial charge in [0.05, 0.1) is 11.9 Å². The first kappa shape index (κ1) is 27.9. The maximum absolute atomic E-state index is 14.5. The van der Waals surface area contributed by atoms with Gasteiger partial charge in [0.15, 0.2) is 5.82 Å². The topological polar surface area (TPSA) is 71.0 Å². The number of aromatic nitrogens is 2. The Morgan fingerprint density at radius 2 is 1.84 bits per heavy atom. The van der Waals surface area contributed by atoms with Crippen LogP contribution in [-0.2, 0) is 23.2 Å². The van der Waals surface area contributed by atoms with Crippen molar-refractivity contribution in [2.24, 2.45) is 5.41 Å². The average molecular weight is 524 g/mol. The van der Waals surface area contributed by atoms with Crippen LogP contribution in [0.1, 0.15) is 63.8 Å². The minimum atomic E-state index is -0.655. The fraction of sp³-hybridized carbons (Fsp3) is 0.467. The third-order valence-electron chi connectivity index (χ3n) is 7.01. The predicted molar refractivity (Wildman–Crippen MR) is 147 cm³/mol. The number of carbonyl (C=O) groups is 1. The minimum absolute atomic E-state index is 0.135. The SMILES string of the molecule is CC(C)(C)CNCC(C)(C)n1cnc(NC(=O)C(NC2CCc3cc(F)cc(F)c3C2)c2ccccc2)c1. The maximum atomic E-state index is 14.5. The van der Waals surface area contributed by atoms with Crippen LogP contribution < -0.4 is 16.0 Å². The van der Waals surface area contributed by atoms with Crippen LogP contribution in [0.15, 0.2) is 55.0 Å². The number of hydrogen-bond acceptors (Lipinski definition) is 4. The molecule has 38 heavy (non-hydrogen) atoms. The molecule has 0 spiro atoms. The number of fused-ring (bicyclic) bond motifs is 1. The molecule has 1 aliphatic carbocycles. The molecule has 4 rings (SSSR count). The van der Waals surface area contributed by atoms with E-state index in [0.717, 1.165) is 24.7 Å². The molecular formula is C30H39F2N5O. The summed E-state index contributed by atoms with van der Waals surface area (Å²) in [5.74, 6) is -0.855. The van der Waals surface area contributed by atoms with Gasteiger partial charge in [-0.25, -0.2) is 13.8 Å². The molecule has 204 valence electrons. The highest BCUT2D eigenvalue weighted by atomic mass is 19.1. The number of halogens is 2. The lowest BCUT2D eigenvalue weighted by molar-refractivity contribution is -0.118. The predicted octanol–water partition coefficient (Wildman–Crippen LogP) is 5.36. The Balaban J connectivity index is 1.46. The largest absolute Gasteiger partial charge is 0.328 e. The van der Waals surface area contributed by atoms with E-state index in [0.29, 0.717) is 36.2 Å². The molecule has 0 saturated heterocycles. The van der Waals surface area contributed by atoms with Gasteiger partial charge in [-0.05, 0) is 61.3 Å². The summed E-state index contributed by atoms with van der Waals surface area (Å²) in [7, 11) is 0. The Labute approximate surface area is 224 Å². The Kier molecular flexibility index (Phi) is 8.33. The highest BCUT2D eigenvalue weighted by molar-refractivity contribution is 5.94. The van der Waals surface area contributed by atoms with Crippen molar-refractivity contribution in [3.8, 4) is 0 Å². The molecule has 2 aromatic carbocycles. The van der Waals surface area contributed by atoms with Crippen molar-refractivity contribution in [1.29, 1.82) is 0 Å². The molecule has 8 heteroatoms. The van der Waals surface area contributed by atoms with Crippen molar-refractivity contribution < 1.29 is 13.6 Å². The second kappa shape index (κ2) is 11.3. The third kappa shape index (κ3) is 7.05. The van der Waals surface area contributed by atoms with Gasteiger partial charge < -0.3 is 15.2 Å². The van der Waals surface area contributed by atoms with E-state index >= 15 is 0 Å². The van der Waals surface area contributed by atoms with E-state index in [1.54, 1.807) is 6.33 Å². The van der Waals surface area contributed by atoms with Crippen LogP contribution in [0.25, 0.3) is 0 Å². The number of hydrogen-bond donors (Lipinski definition) is 3. The van der Waals surface area contributed by atoms with E-state index in [-0.39, 0.29) is 22.9 Å². The number of aryl methyl sites for hydroxylation is 1. The monoisotopic (exact) mass is 523 g/mol. The van der Waals surface area contributed by atoms with Crippen LogP contribution >= 0.6 is 0 Å². The molecule has 3 aromatic rings. The van der Waals surface area contributed by atoms with Crippen molar-refractivity contribution in [2.45, 2.75) is 71.5 Å². The number of nitrogens with one attached hydrogen (secondary N) is 3. The second-order valence-corrected chi connectivity index (χ2v) is 12.1. The zero-order valence-corrected chi connectivity index (χ0v) is 22.9. The molecule has 1 aliphatic rings. The average Bonchev–Trinajstić information content (AvgIpc) is 3.32. The molecule has 1 amide bonds. The lowest BCUT2D eigenvalue weighted by Crippen LogP contribution is -2.42. The van der Waals surface area contributed by atoms with Gasteiger partial charge in [-0.15, -0.1) is 0 Å². The summed E-state index contributed by atoms with van der Waals surface area (Å²) < 4.78 is 30.1. The van der Waals surface area contributed by atoms with Crippen molar-refractivity contribution >= 4 is 11.7 Å². The summed E-state index contributed by atoms with van der Waals surface area (Å²) in [5, 5.41) is 9.92. The van der Waals surface area contributed by atoms with Crippen LogP contribution in [0, 0.1) is 17.0 Å². The second-order valence-electron chi connectivity index (χ2n) is 12.1. The first-order chi connectivity index (χ1) is 17.9. The van der Waals surface area contributed by atoms with Gasteiger partial charge >= 0.3 is 0 Å². The minimum Gasteiger partial charge on any atom is -0.328 e. The highest BCUT2D eigenvalue weighted by Gasteiger charge is 2.29. The van der Waals surface area contributed by atoms with E-state index in [1.807, 2.05) is 41.1 Å². The van der Waals surface area contributed by atoms with E-state index < -0.39 is 17.7 Å². The Morgan fingerprint density at radius 1 is 1.11 bits per heavy atom. The Hall–Kier alpha value is -3.10. The van der Waals surface area contributed by atoms with E-state index in [9.17, 15) is 13.6 Å². The molecule has 0 radical (unpaired) electrons. The van der Waals surface area contributed by atoms with Gasteiger partial charge in [-0.1, -0.05) is 51.1 Å². The van der Waals surface area contributed by atoms with Gasteiger partial charge in [0.2, 0.25) is 5.91 Å². The molecule has 0 fully saturated rings. The number of benzene rings is 2. The summed E-state index contributed by atoms with van der Waals surface area (Å²) >= 11 is 0. The van der Waals surface area contributed by atoms with Crippen LogP contribution in [-0.4, -0.2) is 34.6 Å². The molecule has 1 aromatic heterocycles. The van der Waals surface area contributed by atoms with Crippen LogP contribution in [0.2, 0.25) is 0 Å². The molecule has 1 heterocycles. The van der Waals surface area contributed by atoms with Gasteiger partial charge in [0, 0.05) is 31.4 Å². The van der Waals surface area contributed by atoms with Gasteiger partial charge in [0.1, 0.15) is 17.7 Å². The molecule has 0 bridgehead atoms. The van der Waals surface area contributed by atoms with Crippen LogP contribution in [0.4, 0.5) is 14.6 Å². The fourth-order valence-electron chi connectivity index (χ4n) is 4.88. The molecule has 6 nitrogen and oxygen atoms in total. The standard InChI is InChI=1S/C30H39F2N5O/c1-29(2,3)17-33-18-30(4,5)37-16-26(34-19-37)36-28(38)27(20-9-7-6-8-10-20)35-23-12-11-21-13-22(31)14-25(32)24(21)15-23/h6-10,13-14,16,19,23,27,33,35H,11-12,15,17-18H2,1-5H3,(H,36,38). The fourth-order valence-corrected chi connectivity index (χ4v) is 4.88. The normalized spacial score (nSPS) is 16.7. The summed E-state index contributed by atoms with van der Waals surface area (Å²) in [6, 6.07) is 11.0. The summed E-state index contributed by atoms with van der Waals surface area (Å²) in [6.07, 6.45) is 5.20. The third-order valence-corrected chi connectivity index (χ3v) is 7.01. The van der Waals surface area contributed by atoms with E-state index in [2.05, 4.69) is 55.6 Å². The summed E-state index contributed by atoms with van der Waals surface area (Å²) in [6.45, 7) is 12.5. The molecule has 0 aliphatic heterocycles. The van der Waals surface area contributed by atoms with Gasteiger partial charge in [-0.3, -0.25) is 10.1 Å². The lowest BCUT2D eigenvalue weighted by Gasteiger charge is -2.30. The van der Waals surface area contributed by atoms with Crippen molar-refractivity contribution in [3.63, 3.8) is 0 Å². The summed E-state index contributed by atoms with van der Waals surface area (Å²) in [5.41, 5.74) is 1.97. The van der Waals surface area contributed by atoms with Crippen LogP contribution in [0.5, 0.6) is 0 Å². The number of nitrogens with zero attached hydrogens (tertiary/aromatic N) is 2. The van der Waals surface area contributed by atoms with E-state index in [1.165, 1.54) is 6.07 Å². The molecule has 0 saturated carbocycles. The van der Waals surface area contributed by atoms with Crippen molar-refractivity contribution in [1.82, 2.24) is 20.2 Å². The number of rotatable bonds is 9. The number of imidazole rings is 1.